The molecule has 2 aromatic rings. The number of aromatic nitrogens is 1. The molecule has 0 amide bonds. The third kappa shape index (κ3) is 2.30. The van der Waals surface area contributed by atoms with Crippen LogP contribution in [0.2, 0.25) is 0 Å². The van der Waals surface area contributed by atoms with Gasteiger partial charge >= 0.3 is 0 Å². The SMILES string of the molecule is CC(C)(C)c1ccc2c(c1)N=C(c1ccncc1)C2. The van der Waals surface area contributed by atoms with E-state index < -0.39 is 0 Å². The molecule has 1 aromatic heterocycles. The lowest BCUT2D eigenvalue weighted by Gasteiger charge is -2.19. The molecule has 0 bridgehead atoms. The number of pyridine rings is 1. The van der Waals surface area contributed by atoms with Crippen molar-refractivity contribution in [1.29, 1.82) is 0 Å². The van der Waals surface area contributed by atoms with E-state index in [0.717, 1.165) is 17.8 Å². The molecular formula is C17H18N2. The number of benzene rings is 1. The van der Waals surface area contributed by atoms with Crippen LogP contribution in [-0.4, -0.2) is 10.7 Å². The van der Waals surface area contributed by atoms with Crippen LogP contribution in [0.5, 0.6) is 0 Å². The highest BCUT2D eigenvalue weighted by Crippen LogP contribution is 2.33. The summed E-state index contributed by atoms with van der Waals surface area (Å²) in [5, 5.41) is 0. The number of hydrogen-bond donors (Lipinski definition) is 0. The first-order valence-corrected chi connectivity index (χ1v) is 6.65. The van der Waals surface area contributed by atoms with Gasteiger partial charge < -0.3 is 0 Å². The molecule has 0 atom stereocenters. The molecule has 96 valence electrons. The zero-order valence-electron chi connectivity index (χ0n) is 11.6. The molecule has 0 saturated carbocycles. The molecule has 1 aliphatic heterocycles. The summed E-state index contributed by atoms with van der Waals surface area (Å²) >= 11 is 0. The van der Waals surface area contributed by atoms with Crippen molar-refractivity contribution in [2.75, 3.05) is 0 Å². The Kier molecular flexibility index (Phi) is 2.74. The molecule has 0 N–H and O–H groups in total. The van der Waals surface area contributed by atoms with Gasteiger partial charge in [0.05, 0.1) is 11.4 Å². The first-order chi connectivity index (χ1) is 9.04. The molecule has 1 aliphatic rings. The maximum atomic E-state index is 4.78. The average molecular weight is 250 g/mol. The lowest BCUT2D eigenvalue weighted by molar-refractivity contribution is 0.590. The van der Waals surface area contributed by atoms with Gasteiger partial charge in [-0.25, -0.2) is 0 Å². The molecule has 0 fully saturated rings. The van der Waals surface area contributed by atoms with E-state index in [-0.39, 0.29) is 5.41 Å². The molecular weight excluding hydrogens is 232 g/mol. The van der Waals surface area contributed by atoms with Crippen molar-refractivity contribution in [2.24, 2.45) is 4.99 Å². The summed E-state index contributed by atoms with van der Waals surface area (Å²) in [6, 6.07) is 10.7. The van der Waals surface area contributed by atoms with E-state index in [2.05, 4.69) is 44.0 Å². The first-order valence-electron chi connectivity index (χ1n) is 6.65. The fraction of sp³-hybridized carbons (Fsp3) is 0.294. The Morgan fingerprint density at radius 1 is 1.00 bits per heavy atom. The summed E-state index contributed by atoms with van der Waals surface area (Å²) in [5.41, 5.74) is 6.27. The third-order valence-electron chi connectivity index (χ3n) is 3.58. The van der Waals surface area contributed by atoms with Crippen molar-refractivity contribution in [3.05, 3.63) is 59.4 Å². The Hall–Kier alpha value is -1.96. The van der Waals surface area contributed by atoms with Gasteiger partial charge in [0.2, 0.25) is 0 Å². The minimum atomic E-state index is 0.171. The molecule has 1 aromatic carbocycles. The molecule has 0 unspecified atom stereocenters. The van der Waals surface area contributed by atoms with Gasteiger partial charge in [-0.1, -0.05) is 32.9 Å². The molecule has 2 heteroatoms. The highest BCUT2D eigenvalue weighted by Gasteiger charge is 2.20. The van der Waals surface area contributed by atoms with Crippen LogP contribution in [0.3, 0.4) is 0 Å². The Labute approximate surface area is 114 Å². The smallest absolute Gasteiger partial charge is 0.0672 e. The molecule has 2 heterocycles. The van der Waals surface area contributed by atoms with Crippen molar-refractivity contribution in [3.8, 4) is 0 Å². The van der Waals surface area contributed by atoms with Crippen LogP contribution in [0.15, 0.2) is 47.7 Å². The van der Waals surface area contributed by atoms with Crippen LogP contribution in [0.25, 0.3) is 0 Å². The Morgan fingerprint density at radius 3 is 2.42 bits per heavy atom. The predicted molar refractivity (Wildman–Crippen MR) is 79.3 cm³/mol. The monoisotopic (exact) mass is 250 g/mol. The van der Waals surface area contributed by atoms with Crippen molar-refractivity contribution in [1.82, 2.24) is 4.98 Å². The van der Waals surface area contributed by atoms with E-state index in [4.69, 9.17) is 4.99 Å². The van der Waals surface area contributed by atoms with E-state index in [1.165, 1.54) is 16.7 Å². The molecule has 0 radical (unpaired) electrons. The van der Waals surface area contributed by atoms with Crippen LogP contribution < -0.4 is 0 Å². The van der Waals surface area contributed by atoms with Crippen LogP contribution in [0.1, 0.15) is 37.5 Å². The minimum absolute atomic E-state index is 0.171. The second-order valence-corrected chi connectivity index (χ2v) is 6.06. The zero-order valence-corrected chi connectivity index (χ0v) is 11.6. The molecule has 2 nitrogen and oxygen atoms in total. The number of nitrogens with zero attached hydrogens (tertiary/aromatic N) is 2. The molecule has 3 rings (SSSR count). The van der Waals surface area contributed by atoms with Crippen LogP contribution in [0.4, 0.5) is 5.69 Å². The van der Waals surface area contributed by atoms with Crippen molar-refractivity contribution in [3.63, 3.8) is 0 Å². The molecule has 0 saturated heterocycles. The third-order valence-corrected chi connectivity index (χ3v) is 3.58. The van der Waals surface area contributed by atoms with Gasteiger partial charge in [-0.15, -0.1) is 0 Å². The second kappa shape index (κ2) is 4.30. The first kappa shape index (κ1) is 12.1. The van der Waals surface area contributed by atoms with Gasteiger partial charge in [0.15, 0.2) is 0 Å². The highest BCUT2D eigenvalue weighted by molar-refractivity contribution is 6.06. The number of rotatable bonds is 1. The summed E-state index contributed by atoms with van der Waals surface area (Å²) in [5.74, 6) is 0. The number of aliphatic imine (C=N–C) groups is 1. The summed E-state index contributed by atoms with van der Waals surface area (Å²) in [7, 11) is 0. The van der Waals surface area contributed by atoms with Crippen LogP contribution >= 0.6 is 0 Å². The van der Waals surface area contributed by atoms with E-state index >= 15 is 0 Å². The van der Waals surface area contributed by atoms with Gasteiger partial charge in [-0.3, -0.25) is 9.98 Å². The lowest BCUT2D eigenvalue weighted by atomic mass is 9.86. The lowest BCUT2D eigenvalue weighted by Crippen LogP contribution is -2.10. The average Bonchev–Trinajstić information content (AvgIpc) is 2.81. The minimum Gasteiger partial charge on any atom is -0.265 e. The van der Waals surface area contributed by atoms with E-state index in [1.807, 2.05) is 24.5 Å². The van der Waals surface area contributed by atoms with Crippen molar-refractivity contribution in [2.45, 2.75) is 32.6 Å². The second-order valence-electron chi connectivity index (χ2n) is 6.06. The summed E-state index contributed by atoms with van der Waals surface area (Å²) in [6.45, 7) is 6.70. The zero-order chi connectivity index (χ0) is 13.5. The van der Waals surface area contributed by atoms with Gasteiger partial charge in [0, 0.05) is 18.8 Å². The van der Waals surface area contributed by atoms with Crippen LogP contribution in [0, 0.1) is 0 Å². The predicted octanol–water partition coefficient (Wildman–Crippen LogP) is 4.06. The highest BCUT2D eigenvalue weighted by atomic mass is 14.8. The molecule has 0 spiro atoms. The summed E-state index contributed by atoms with van der Waals surface area (Å²) in [4.78, 5) is 8.84. The van der Waals surface area contributed by atoms with Crippen LogP contribution in [-0.2, 0) is 11.8 Å². The van der Waals surface area contributed by atoms with E-state index in [9.17, 15) is 0 Å². The topological polar surface area (TPSA) is 25.2 Å². The van der Waals surface area contributed by atoms with Gasteiger partial charge in [-0.05, 0) is 40.3 Å². The van der Waals surface area contributed by atoms with E-state index in [1.54, 1.807) is 0 Å². The number of fused-ring (bicyclic) bond motifs is 1. The fourth-order valence-electron chi connectivity index (χ4n) is 2.36. The normalized spacial score (nSPS) is 14.2. The Bertz CT molecular complexity index is 634. The Balaban J connectivity index is 1.99. The van der Waals surface area contributed by atoms with Gasteiger partial charge in [0.1, 0.15) is 0 Å². The van der Waals surface area contributed by atoms with Gasteiger partial charge in [-0.2, -0.15) is 0 Å². The van der Waals surface area contributed by atoms with Crippen molar-refractivity contribution < 1.29 is 0 Å². The number of hydrogen-bond acceptors (Lipinski definition) is 2. The fourth-order valence-corrected chi connectivity index (χ4v) is 2.36. The Morgan fingerprint density at radius 2 is 1.74 bits per heavy atom. The molecule has 0 aliphatic carbocycles. The maximum absolute atomic E-state index is 4.78. The summed E-state index contributed by atoms with van der Waals surface area (Å²) in [6.07, 6.45) is 4.56. The quantitative estimate of drug-likeness (QED) is 0.749. The van der Waals surface area contributed by atoms with E-state index in [0.29, 0.717) is 0 Å². The standard InChI is InChI=1S/C17H18N2/c1-17(2,3)14-5-4-13-10-15(19-16(13)11-14)12-6-8-18-9-7-12/h4-9,11H,10H2,1-3H3. The molecule has 19 heavy (non-hydrogen) atoms. The summed E-state index contributed by atoms with van der Waals surface area (Å²) < 4.78 is 0. The largest absolute Gasteiger partial charge is 0.265 e. The van der Waals surface area contributed by atoms with Gasteiger partial charge in [0.25, 0.3) is 0 Å². The maximum Gasteiger partial charge on any atom is 0.0672 e. The van der Waals surface area contributed by atoms with Crippen molar-refractivity contribution >= 4 is 11.4 Å².